The van der Waals surface area contributed by atoms with Crippen molar-refractivity contribution < 1.29 is 13.2 Å². The molecule has 1 unspecified atom stereocenters. The van der Waals surface area contributed by atoms with E-state index >= 15 is 0 Å². The van der Waals surface area contributed by atoms with Gasteiger partial charge < -0.3 is 5.32 Å². The number of halogens is 3. The van der Waals surface area contributed by atoms with Crippen LogP contribution in [0.2, 0.25) is 0 Å². The Bertz CT molecular complexity index is 410. The van der Waals surface area contributed by atoms with Crippen LogP contribution in [0.1, 0.15) is 55.2 Å². The maximum Gasteiger partial charge on any atom is 0.389 e. The molecule has 0 aliphatic heterocycles. The third-order valence-electron chi connectivity index (χ3n) is 3.95. The summed E-state index contributed by atoms with van der Waals surface area (Å²) in [5, 5.41) is 2.99. The Hall–Kier alpha value is -1.03. The summed E-state index contributed by atoms with van der Waals surface area (Å²) in [5.74, 6) is 0.611. The highest BCUT2D eigenvalue weighted by atomic mass is 19.4. The second-order valence-electron chi connectivity index (χ2n) is 5.29. The van der Waals surface area contributed by atoms with Gasteiger partial charge in [0.1, 0.15) is 0 Å². The molecule has 1 aliphatic carbocycles. The second kappa shape index (κ2) is 5.95. The van der Waals surface area contributed by atoms with Crippen LogP contribution in [0.4, 0.5) is 13.2 Å². The molecular weight excluding hydrogens is 251 g/mol. The van der Waals surface area contributed by atoms with E-state index in [2.05, 4.69) is 17.4 Å². The minimum Gasteiger partial charge on any atom is -0.313 e. The van der Waals surface area contributed by atoms with Crippen molar-refractivity contribution in [3.05, 3.63) is 35.4 Å². The molecule has 1 aliphatic rings. The van der Waals surface area contributed by atoms with Crippen LogP contribution in [0.25, 0.3) is 0 Å². The first kappa shape index (κ1) is 14.4. The topological polar surface area (TPSA) is 12.0 Å². The zero-order valence-corrected chi connectivity index (χ0v) is 11.1. The number of rotatable bonds is 5. The Morgan fingerprint density at radius 3 is 2.58 bits per heavy atom. The van der Waals surface area contributed by atoms with Gasteiger partial charge in [-0.3, -0.25) is 0 Å². The van der Waals surface area contributed by atoms with Crippen molar-refractivity contribution >= 4 is 0 Å². The standard InChI is InChI=1S/C15H20F3N/c1-19-14(8-9-15(16,17)18)13-7-3-6-12(10-13)11-4-2-5-11/h3,6-7,10-11,14,19H,2,4-5,8-9H2,1H3. The summed E-state index contributed by atoms with van der Waals surface area (Å²) in [6.45, 7) is 0. The summed E-state index contributed by atoms with van der Waals surface area (Å²) in [7, 11) is 1.72. The largest absolute Gasteiger partial charge is 0.389 e. The third kappa shape index (κ3) is 3.96. The summed E-state index contributed by atoms with van der Waals surface area (Å²) in [5.41, 5.74) is 2.24. The lowest BCUT2D eigenvalue weighted by Crippen LogP contribution is -2.20. The van der Waals surface area contributed by atoms with Crippen LogP contribution in [0, 0.1) is 0 Å². The Kier molecular flexibility index (Phi) is 4.50. The molecule has 1 atom stereocenters. The van der Waals surface area contributed by atoms with Gasteiger partial charge in [-0.2, -0.15) is 13.2 Å². The molecule has 0 radical (unpaired) electrons. The van der Waals surface area contributed by atoms with Crippen molar-refractivity contribution in [2.45, 2.75) is 50.2 Å². The molecule has 0 amide bonds. The average molecular weight is 271 g/mol. The van der Waals surface area contributed by atoms with Crippen LogP contribution >= 0.6 is 0 Å². The first-order valence-corrected chi connectivity index (χ1v) is 6.83. The normalized spacial score (nSPS) is 18.1. The predicted molar refractivity (Wildman–Crippen MR) is 70.1 cm³/mol. The number of hydrogen-bond donors (Lipinski definition) is 1. The van der Waals surface area contributed by atoms with Crippen molar-refractivity contribution in [2.75, 3.05) is 7.05 Å². The van der Waals surface area contributed by atoms with Crippen molar-refractivity contribution in [3.8, 4) is 0 Å². The van der Waals surface area contributed by atoms with Crippen molar-refractivity contribution in [2.24, 2.45) is 0 Å². The molecule has 1 aromatic carbocycles. The summed E-state index contributed by atoms with van der Waals surface area (Å²) in [6.07, 6.45) is -1.06. The van der Waals surface area contributed by atoms with Gasteiger partial charge in [0.25, 0.3) is 0 Å². The van der Waals surface area contributed by atoms with E-state index in [0.717, 1.165) is 5.56 Å². The highest BCUT2D eigenvalue weighted by Gasteiger charge is 2.28. The Morgan fingerprint density at radius 2 is 2.05 bits per heavy atom. The smallest absolute Gasteiger partial charge is 0.313 e. The van der Waals surface area contributed by atoms with Gasteiger partial charge in [-0.15, -0.1) is 0 Å². The lowest BCUT2D eigenvalue weighted by Gasteiger charge is -2.27. The highest BCUT2D eigenvalue weighted by molar-refractivity contribution is 5.29. The zero-order valence-electron chi connectivity index (χ0n) is 11.1. The van der Waals surface area contributed by atoms with Crippen LogP contribution < -0.4 is 5.32 Å². The van der Waals surface area contributed by atoms with E-state index < -0.39 is 12.6 Å². The molecular formula is C15H20F3N. The number of benzene rings is 1. The quantitative estimate of drug-likeness (QED) is 0.828. The molecule has 0 saturated heterocycles. The van der Waals surface area contributed by atoms with E-state index in [1.54, 1.807) is 7.05 Å². The SMILES string of the molecule is CNC(CCC(F)(F)F)c1cccc(C2CCC2)c1. The maximum atomic E-state index is 12.3. The van der Waals surface area contributed by atoms with Crippen LogP contribution in [-0.2, 0) is 0 Å². The second-order valence-corrected chi connectivity index (χ2v) is 5.29. The van der Waals surface area contributed by atoms with Gasteiger partial charge in [-0.05, 0) is 43.4 Å². The summed E-state index contributed by atoms with van der Waals surface area (Å²) >= 11 is 0. The first-order chi connectivity index (χ1) is 8.99. The van der Waals surface area contributed by atoms with E-state index in [4.69, 9.17) is 0 Å². The van der Waals surface area contributed by atoms with Crippen molar-refractivity contribution in [3.63, 3.8) is 0 Å². The van der Waals surface area contributed by atoms with Gasteiger partial charge in [0, 0.05) is 12.5 Å². The maximum absolute atomic E-state index is 12.3. The average Bonchev–Trinajstić information content (AvgIpc) is 2.26. The third-order valence-corrected chi connectivity index (χ3v) is 3.95. The van der Waals surface area contributed by atoms with Gasteiger partial charge in [-0.25, -0.2) is 0 Å². The van der Waals surface area contributed by atoms with Gasteiger partial charge in [0.05, 0.1) is 0 Å². The Labute approximate surface area is 112 Å². The summed E-state index contributed by atoms with van der Waals surface area (Å²) < 4.78 is 36.9. The first-order valence-electron chi connectivity index (χ1n) is 6.83. The van der Waals surface area contributed by atoms with Crippen LogP contribution in [-0.4, -0.2) is 13.2 Å². The fourth-order valence-electron chi connectivity index (χ4n) is 2.56. The molecule has 0 heterocycles. The fraction of sp³-hybridized carbons (Fsp3) is 0.600. The minimum atomic E-state index is -4.08. The van der Waals surface area contributed by atoms with Crippen LogP contribution in [0.3, 0.4) is 0 Å². The molecule has 19 heavy (non-hydrogen) atoms. The fourth-order valence-corrected chi connectivity index (χ4v) is 2.56. The molecule has 1 saturated carbocycles. The number of alkyl halides is 3. The van der Waals surface area contributed by atoms with Crippen molar-refractivity contribution in [1.82, 2.24) is 5.32 Å². The summed E-state index contributed by atoms with van der Waals surface area (Å²) in [6, 6.07) is 7.81. The Morgan fingerprint density at radius 1 is 1.32 bits per heavy atom. The Balaban J connectivity index is 2.05. The molecule has 0 spiro atoms. The summed E-state index contributed by atoms with van der Waals surface area (Å²) in [4.78, 5) is 0. The molecule has 106 valence electrons. The van der Waals surface area contributed by atoms with Crippen LogP contribution in [0.15, 0.2) is 24.3 Å². The minimum absolute atomic E-state index is 0.0914. The zero-order chi connectivity index (χ0) is 13.9. The molecule has 1 N–H and O–H groups in total. The molecule has 0 aromatic heterocycles. The lowest BCUT2D eigenvalue weighted by molar-refractivity contribution is -0.136. The lowest BCUT2D eigenvalue weighted by atomic mass is 9.79. The monoisotopic (exact) mass is 271 g/mol. The molecule has 0 bridgehead atoms. The van der Waals surface area contributed by atoms with E-state index in [1.165, 1.54) is 24.8 Å². The number of hydrogen-bond acceptors (Lipinski definition) is 1. The van der Waals surface area contributed by atoms with Crippen LogP contribution in [0.5, 0.6) is 0 Å². The molecule has 1 fully saturated rings. The molecule has 4 heteroatoms. The predicted octanol–water partition coefficient (Wildman–Crippen LogP) is 4.56. The van der Waals surface area contributed by atoms with E-state index in [9.17, 15) is 13.2 Å². The van der Waals surface area contributed by atoms with Gasteiger partial charge >= 0.3 is 6.18 Å². The molecule has 2 rings (SSSR count). The van der Waals surface area contributed by atoms with Gasteiger partial charge in [0.2, 0.25) is 0 Å². The van der Waals surface area contributed by atoms with Gasteiger partial charge in [-0.1, -0.05) is 30.7 Å². The van der Waals surface area contributed by atoms with E-state index in [1.807, 2.05) is 12.1 Å². The van der Waals surface area contributed by atoms with Crippen molar-refractivity contribution in [1.29, 1.82) is 0 Å². The van der Waals surface area contributed by atoms with E-state index in [-0.39, 0.29) is 12.5 Å². The van der Waals surface area contributed by atoms with E-state index in [0.29, 0.717) is 5.92 Å². The highest BCUT2D eigenvalue weighted by Crippen LogP contribution is 2.37. The molecule has 1 aromatic rings. The molecule has 1 nitrogen and oxygen atoms in total. The van der Waals surface area contributed by atoms with Gasteiger partial charge in [0.15, 0.2) is 0 Å². The number of nitrogens with one attached hydrogen (secondary N) is 1.